The van der Waals surface area contributed by atoms with E-state index in [1.165, 1.54) is 11.3 Å². The Morgan fingerprint density at radius 1 is 1.19 bits per heavy atom. The molecule has 0 aliphatic carbocycles. The van der Waals surface area contributed by atoms with E-state index in [4.69, 9.17) is 0 Å². The van der Waals surface area contributed by atoms with Gasteiger partial charge in [0.25, 0.3) is 0 Å². The predicted octanol–water partition coefficient (Wildman–Crippen LogP) is 3.95. The Bertz CT molecular complexity index is 469. The number of aromatic nitrogens is 1. The Morgan fingerprint density at radius 3 is 2.25 bits per heavy atom. The van der Waals surface area contributed by atoms with Crippen LogP contribution in [-0.2, 0) is 0 Å². The molecule has 1 heterocycles. The Balaban J connectivity index is 2.34. The Hall–Kier alpha value is -0.870. The largest absolute Gasteiger partial charge is 0.378 e. The van der Waals surface area contributed by atoms with Crippen LogP contribution in [0.15, 0.2) is 28.1 Å². The SMILES string of the molecule is Cc1nc(-c2ccc(N(C)C)cc2)sc1Br. The molecule has 0 radical (unpaired) electrons. The van der Waals surface area contributed by atoms with Gasteiger partial charge in [-0.15, -0.1) is 11.3 Å². The second-order valence-electron chi connectivity index (χ2n) is 3.82. The molecule has 0 fully saturated rings. The van der Waals surface area contributed by atoms with E-state index in [1.54, 1.807) is 11.3 Å². The normalized spacial score (nSPS) is 10.5. The van der Waals surface area contributed by atoms with Crippen LogP contribution in [0.1, 0.15) is 5.69 Å². The van der Waals surface area contributed by atoms with E-state index >= 15 is 0 Å². The van der Waals surface area contributed by atoms with Gasteiger partial charge in [-0.25, -0.2) is 4.98 Å². The maximum absolute atomic E-state index is 4.51. The van der Waals surface area contributed by atoms with Crippen molar-refractivity contribution >= 4 is 33.0 Å². The topological polar surface area (TPSA) is 16.1 Å². The average molecular weight is 297 g/mol. The van der Waals surface area contributed by atoms with Crippen LogP contribution in [0.4, 0.5) is 5.69 Å². The van der Waals surface area contributed by atoms with E-state index in [1.807, 2.05) is 21.0 Å². The minimum absolute atomic E-state index is 1.05. The highest BCUT2D eigenvalue weighted by Gasteiger charge is 2.07. The standard InChI is InChI=1S/C12H13BrN2S/c1-8-11(13)16-12(14-8)9-4-6-10(7-5-9)15(2)3/h4-7H,1-3H3. The van der Waals surface area contributed by atoms with E-state index in [-0.39, 0.29) is 0 Å². The van der Waals surface area contributed by atoms with E-state index < -0.39 is 0 Å². The van der Waals surface area contributed by atoms with Gasteiger partial charge in [-0.2, -0.15) is 0 Å². The minimum Gasteiger partial charge on any atom is -0.378 e. The molecular weight excluding hydrogens is 284 g/mol. The molecule has 1 aromatic heterocycles. The molecule has 0 aliphatic rings. The predicted molar refractivity (Wildman–Crippen MR) is 74.3 cm³/mol. The number of halogens is 1. The van der Waals surface area contributed by atoms with E-state index in [0.29, 0.717) is 0 Å². The fourth-order valence-corrected chi connectivity index (χ4v) is 2.75. The maximum Gasteiger partial charge on any atom is 0.124 e. The summed E-state index contributed by atoms with van der Waals surface area (Å²) in [5, 5.41) is 1.06. The molecule has 0 saturated heterocycles. The molecule has 0 spiro atoms. The molecule has 0 saturated carbocycles. The van der Waals surface area contributed by atoms with E-state index in [0.717, 1.165) is 14.5 Å². The number of aryl methyl sites for hydroxylation is 1. The summed E-state index contributed by atoms with van der Waals surface area (Å²) in [7, 11) is 4.08. The summed E-state index contributed by atoms with van der Waals surface area (Å²) in [6, 6.07) is 8.44. The lowest BCUT2D eigenvalue weighted by molar-refractivity contribution is 1.13. The third kappa shape index (κ3) is 2.28. The molecule has 2 aromatic rings. The number of rotatable bonds is 2. The third-order valence-corrected chi connectivity index (χ3v) is 4.43. The number of benzene rings is 1. The van der Waals surface area contributed by atoms with Gasteiger partial charge in [0.05, 0.1) is 9.48 Å². The van der Waals surface area contributed by atoms with Gasteiger partial charge in [0, 0.05) is 25.3 Å². The van der Waals surface area contributed by atoms with Crippen molar-refractivity contribution in [3.8, 4) is 10.6 Å². The summed E-state index contributed by atoms with van der Waals surface area (Å²) >= 11 is 5.17. The summed E-state index contributed by atoms with van der Waals surface area (Å²) in [6.07, 6.45) is 0. The fraction of sp³-hybridized carbons (Fsp3) is 0.250. The van der Waals surface area contributed by atoms with Gasteiger partial charge in [-0.1, -0.05) is 0 Å². The van der Waals surface area contributed by atoms with Crippen LogP contribution < -0.4 is 4.90 Å². The van der Waals surface area contributed by atoms with Crippen molar-refractivity contribution in [2.24, 2.45) is 0 Å². The van der Waals surface area contributed by atoms with Crippen LogP contribution >= 0.6 is 27.3 Å². The molecule has 0 N–H and O–H groups in total. The lowest BCUT2D eigenvalue weighted by Gasteiger charge is -2.11. The van der Waals surface area contributed by atoms with Crippen molar-refractivity contribution in [3.05, 3.63) is 33.7 Å². The zero-order valence-corrected chi connectivity index (χ0v) is 11.9. The molecule has 0 unspecified atom stereocenters. The highest BCUT2D eigenvalue weighted by atomic mass is 79.9. The summed E-state index contributed by atoms with van der Waals surface area (Å²) in [5.74, 6) is 0. The summed E-state index contributed by atoms with van der Waals surface area (Å²) in [5.41, 5.74) is 3.43. The van der Waals surface area contributed by atoms with Gasteiger partial charge < -0.3 is 4.90 Å². The van der Waals surface area contributed by atoms with Crippen molar-refractivity contribution < 1.29 is 0 Å². The molecule has 1 aromatic carbocycles. The minimum atomic E-state index is 1.05. The summed E-state index contributed by atoms with van der Waals surface area (Å²) in [6.45, 7) is 2.01. The second kappa shape index (κ2) is 4.55. The highest BCUT2D eigenvalue weighted by molar-refractivity contribution is 9.11. The lowest BCUT2D eigenvalue weighted by atomic mass is 10.2. The van der Waals surface area contributed by atoms with Gasteiger partial charge in [-0.05, 0) is 47.1 Å². The maximum atomic E-state index is 4.51. The third-order valence-electron chi connectivity index (χ3n) is 2.37. The van der Waals surface area contributed by atoms with Crippen LogP contribution in [0.25, 0.3) is 10.6 Å². The first kappa shape index (κ1) is 11.6. The van der Waals surface area contributed by atoms with Crippen molar-refractivity contribution in [2.45, 2.75) is 6.92 Å². The molecule has 2 rings (SSSR count). The molecular formula is C12H13BrN2S. The van der Waals surface area contributed by atoms with Gasteiger partial charge in [-0.3, -0.25) is 0 Å². The first-order valence-corrected chi connectivity index (χ1v) is 6.59. The first-order valence-electron chi connectivity index (χ1n) is 4.98. The Morgan fingerprint density at radius 2 is 1.81 bits per heavy atom. The van der Waals surface area contributed by atoms with Crippen LogP contribution in [0.2, 0.25) is 0 Å². The van der Waals surface area contributed by atoms with Gasteiger partial charge >= 0.3 is 0 Å². The number of anilines is 1. The molecule has 0 amide bonds. The van der Waals surface area contributed by atoms with Gasteiger partial charge in [0.2, 0.25) is 0 Å². The first-order chi connectivity index (χ1) is 7.58. The van der Waals surface area contributed by atoms with E-state index in [9.17, 15) is 0 Å². The van der Waals surface area contributed by atoms with Gasteiger partial charge in [0.1, 0.15) is 5.01 Å². The number of hydrogen-bond acceptors (Lipinski definition) is 3. The van der Waals surface area contributed by atoms with Crippen molar-refractivity contribution in [2.75, 3.05) is 19.0 Å². The van der Waals surface area contributed by atoms with E-state index in [2.05, 4.69) is 50.1 Å². The van der Waals surface area contributed by atoms with Crippen LogP contribution in [-0.4, -0.2) is 19.1 Å². The molecule has 4 heteroatoms. The monoisotopic (exact) mass is 296 g/mol. The van der Waals surface area contributed by atoms with Gasteiger partial charge in [0.15, 0.2) is 0 Å². The average Bonchev–Trinajstić information content (AvgIpc) is 2.59. The number of hydrogen-bond donors (Lipinski definition) is 0. The molecule has 0 aliphatic heterocycles. The zero-order valence-electron chi connectivity index (χ0n) is 9.49. The summed E-state index contributed by atoms with van der Waals surface area (Å²) in [4.78, 5) is 6.60. The molecule has 0 bridgehead atoms. The van der Waals surface area contributed by atoms with Crippen molar-refractivity contribution in [1.82, 2.24) is 4.98 Å². The smallest absolute Gasteiger partial charge is 0.124 e. The van der Waals surface area contributed by atoms with Crippen LogP contribution in [0.3, 0.4) is 0 Å². The lowest BCUT2D eigenvalue weighted by Crippen LogP contribution is -2.07. The zero-order chi connectivity index (χ0) is 11.7. The van der Waals surface area contributed by atoms with Crippen molar-refractivity contribution in [3.63, 3.8) is 0 Å². The highest BCUT2D eigenvalue weighted by Crippen LogP contribution is 2.32. The second-order valence-corrected chi connectivity index (χ2v) is 6.14. The molecule has 16 heavy (non-hydrogen) atoms. The molecule has 0 atom stereocenters. The van der Waals surface area contributed by atoms with Crippen LogP contribution in [0, 0.1) is 6.92 Å². The van der Waals surface area contributed by atoms with Crippen molar-refractivity contribution in [1.29, 1.82) is 0 Å². The molecule has 84 valence electrons. The number of nitrogens with zero attached hydrogens (tertiary/aromatic N) is 2. The Kier molecular flexibility index (Phi) is 3.30. The molecule has 2 nitrogen and oxygen atoms in total. The Labute approximate surface area is 108 Å². The summed E-state index contributed by atoms with van der Waals surface area (Å²) < 4.78 is 1.11. The fourth-order valence-electron chi connectivity index (χ4n) is 1.40. The quantitative estimate of drug-likeness (QED) is 0.834. The number of thiazole rings is 1. The van der Waals surface area contributed by atoms with Crippen LogP contribution in [0.5, 0.6) is 0 Å².